The molecule has 3 aliphatic heterocycles. The Morgan fingerprint density at radius 2 is 1.87 bits per heavy atom. The van der Waals surface area contributed by atoms with Crippen LogP contribution in [0.4, 0.5) is 0 Å². The molecule has 0 radical (unpaired) electrons. The average Bonchev–Trinajstić information content (AvgIpc) is 3.03. The highest BCUT2D eigenvalue weighted by Gasteiger charge is 2.50. The van der Waals surface area contributed by atoms with Crippen molar-refractivity contribution in [2.75, 3.05) is 46.3 Å². The fourth-order valence-corrected chi connectivity index (χ4v) is 5.78. The van der Waals surface area contributed by atoms with Gasteiger partial charge in [0, 0.05) is 38.0 Å². The predicted octanol–water partition coefficient (Wildman–Crippen LogP) is 0.491. The number of hydrogen-bond acceptors (Lipinski definition) is 5. The van der Waals surface area contributed by atoms with Gasteiger partial charge in [-0.05, 0) is 38.4 Å². The van der Waals surface area contributed by atoms with Gasteiger partial charge in [0.15, 0.2) is 0 Å². The number of benzene rings is 1. The molecular formula is C23H34N4O3. The van der Waals surface area contributed by atoms with Crippen LogP contribution in [0.5, 0.6) is 0 Å². The van der Waals surface area contributed by atoms with Crippen LogP contribution in [-0.2, 0) is 9.59 Å². The van der Waals surface area contributed by atoms with Gasteiger partial charge in [0.05, 0.1) is 24.6 Å². The zero-order valence-corrected chi connectivity index (χ0v) is 17.8. The van der Waals surface area contributed by atoms with Crippen LogP contribution in [0.2, 0.25) is 0 Å². The van der Waals surface area contributed by atoms with Crippen LogP contribution in [0.25, 0.3) is 0 Å². The van der Waals surface area contributed by atoms with Crippen LogP contribution >= 0.6 is 0 Å². The minimum absolute atomic E-state index is 0.0109. The highest BCUT2D eigenvalue weighted by atomic mass is 16.3. The fraction of sp³-hybridized carbons (Fsp3) is 0.652. The minimum atomic E-state index is -0.416. The lowest BCUT2D eigenvalue weighted by molar-refractivity contribution is -0.139. The number of carbonyl (C=O) groups is 2. The number of nitrogens with zero attached hydrogens (tertiary/aromatic N) is 3. The molecule has 1 aromatic rings. The largest absolute Gasteiger partial charge is 0.393 e. The number of aliphatic hydroxyl groups excluding tert-OH is 1. The monoisotopic (exact) mass is 414 g/mol. The van der Waals surface area contributed by atoms with Crippen LogP contribution in [0.1, 0.15) is 30.7 Å². The number of carbonyl (C=O) groups excluding carboxylic acids is 2. The van der Waals surface area contributed by atoms with E-state index in [1.54, 1.807) is 0 Å². The third kappa shape index (κ3) is 4.38. The van der Waals surface area contributed by atoms with Crippen LogP contribution in [0.15, 0.2) is 30.3 Å². The summed E-state index contributed by atoms with van der Waals surface area (Å²) in [5, 5.41) is 11.0. The van der Waals surface area contributed by atoms with E-state index in [0.29, 0.717) is 13.1 Å². The molecule has 0 aromatic heterocycles. The van der Waals surface area contributed by atoms with Gasteiger partial charge in [0.2, 0.25) is 11.8 Å². The lowest BCUT2D eigenvalue weighted by Gasteiger charge is -2.36. The lowest BCUT2D eigenvalue weighted by atomic mass is 9.81. The van der Waals surface area contributed by atoms with Gasteiger partial charge < -0.3 is 20.6 Å². The summed E-state index contributed by atoms with van der Waals surface area (Å²) in [5.41, 5.74) is 6.58. The quantitative estimate of drug-likeness (QED) is 0.749. The maximum Gasteiger partial charge on any atom is 0.231 e. The van der Waals surface area contributed by atoms with Crippen molar-refractivity contribution in [1.82, 2.24) is 14.7 Å². The SMILES string of the molecule is CN1CC[C@@H](O)[C@@H]2[C@@H](C1)N(C(=O)[C@H]1CCCN(CC(N)=O)C1)C[C@H]2c1ccccc1. The molecule has 4 rings (SSSR count). The van der Waals surface area contributed by atoms with E-state index < -0.39 is 6.10 Å². The third-order valence-electron chi connectivity index (χ3n) is 7.20. The second-order valence-electron chi connectivity index (χ2n) is 9.31. The van der Waals surface area contributed by atoms with Gasteiger partial charge in [-0.2, -0.15) is 0 Å². The molecule has 3 heterocycles. The molecule has 0 aliphatic carbocycles. The van der Waals surface area contributed by atoms with E-state index in [1.165, 1.54) is 5.56 Å². The summed E-state index contributed by atoms with van der Waals surface area (Å²) in [7, 11) is 2.07. The maximum atomic E-state index is 13.7. The van der Waals surface area contributed by atoms with Crippen LogP contribution in [0.3, 0.4) is 0 Å². The van der Waals surface area contributed by atoms with Crippen molar-refractivity contribution in [3.8, 4) is 0 Å². The molecule has 1 aromatic carbocycles. The van der Waals surface area contributed by atoms with E-state index in [-0.39, 0.29) is 42.2 Å². The fourth-order valence-electron chi connectivity index (χ4n) is 5.78. The van der Waals surface area contributed by atoms with Crippen LogP contribution in [0, 0.1) is 11.8 Å². The second-order valence-corrected chi connectivity index (χ2v) is 9.31. The number of piperidine rings is 1. The molecule has 164 valence electrons. The molecule has 3 aliphatic rings. The molecule has 0 spiro atoms. The Morgan fingerprint density at radius 3 is 2.60 bits per heavy atom. The Hall–Kier alpha value is -1.96. The Morgan fingerprint density at radius 1 is 1.10 bits per heavy atom. The second kappa shape index (κ2) is 9.04. The van der Waals surface area contributed by atoms with E-state index in [9.17, 15) is 14.7 Å². The van der Waals surface area contributed by atoms with Crippen molar-refractivity contribution >= 4 is 11.8 Å². The number of fused-ring (bicyclic) bond motifs is 1. The number of aliphatic hydroxyl groups is 1. The first-order chi connectivity index (χ1) is 14.4. The summed E-state index contributed by atoms with van der Waals surface area (Å²) >= 11 is 0. The first-order valence-electron chi connectivity index (χ1n) is 11.2. The van der Waals surface area contributed by atoms with E-state index in [1.807, 2.05) is 28.0 Å². The first kappa shape index (κ1) is 21.3. The zero-order valence-electron chi connectivity index (χ0n) is 17.8. The minimum Gasteiger partial charge on any atom is -0.393 e. The molecule has 3 N–H and O–H groups in total. The molecule has 0 bridgehead atoms. The molecule has 2 amide bonds. The average molecular weight is 415 g/mol. The summed E-state index contributed by atoms with van der Waals surface area (Å²) < 4.78 is 0. The molecule has 7 heteroatoms. The molecule has 30 heavy (non-hydrogen) atoms. The van der Waals surface area contributed by atoms with Gasteiger partial charge in [-0.15, -0.1) is 0 Å². The Kier molecular flexibility index (Phi) is 6.41. The molecule has 0 unspecified atom stereocenters. The van der Waals surface area contributed by atoms with E-state index in [4.69, 9.17) is 5.73 Å². The Balaban J connectivity index is 1.58. The zero-order chi connectivity index (χ0) is 21.3. The number of amides is 2. The lowest BCUT2D eigenvalue weighted by Crippen LogP contribution is -2.51. The molecule has 0 saturated carbocycles. The third-order valence-corrected chi connectivity index (χ3v) is 7.20. The van der Waals surface area contributed by atoms with Crippen molar-refractivity contribution < 1.29 is 14.7 Å². The van der Waals surface area contributed by atoms with Crippen LogP contribution < -0.4 is 5.73 Å². The van der Waals surface area contributed by atoms with E-state index in [2.05, 4.69) is 24.1 Å². The summed E-state index contributed by atoms with van der Waals surface area (Å²) in [6.45, 7) is 3.89. The Bertz CT molecular complexity index is 758. The molecule has 3 saturated heterocycles. The van der Waals surface area contributed by atoms with Crippen molar-refractivity contribution in [3.63, 3.8) is 0 Å². The molecule has 3 fully saturated rings. The van der Waals surface area contributed by atoms with Gasteiger partial charge in [-0.1, -0.05) is 30.3 Å². The van der Waals surface area contributed by atoms with E-state index >= 15 is 0 Å². The first-order valence-corrected chi connectivity index (χ1v) is 11.2. The number of hydrogen-bond donors (Lipinski definition) is 2. The standard InChI is InChI=1S/C23H34N4O3/c1-25-11-9-20(28)22-18(16-6-3-2-4-7-16)13-27(19(22)14-25)23(30)17-8-5-10-26(12-17)15-21(24)29/h2-4,6-7,17-20,22,28H,5,8-15H2,1H3,(H2,24,29)/t17-,18-,19+,20+,22-/m0/s1. The van der Waals surface area contributed by atoms with Crippen molar-refractivity contribution in [2.24, 2.45) is 17.6 Å². The van der Waals surface area contributed by atoms with Gasteiger partial charge in [-0.25, -0.2) is 0 Å². The van der Waals surface area contributed by atoms with Gasteiger partial charge in [0.25, 0.3) is 0 Å². The van der Waals surface area contributed by atoms with Crippen LogP contribution in [-0.4, -0.2) is 90.1 Å². The van der Waals surface area contributed by atoms with Crippen molar-refractivity contribution in [1.29, 1.82) is 0 Å². The Labute approximate surface area is 178 Å². The maximum absolute atomic E-state index is 13.7. The highest BCUT2D eigenvalue weighted by molar-refractivity contribution is 5.80. The summed E-state index contributed by atoms with van der Waals surface area (Å²) in [6, 6.07) is 10.3. The van der Waals surface area contributed by atoms with Gasteiger partial charge in [0.1, 0.15) is 0 Å². The smallest absolute Gasteiger partial charge is 0.231 e. The normalized spacial score (nSPS) is 33.1. The number of likely N-dealkylation sites (N-methyl/N-ethyl adjacent to an activating group) is 1. The molecular weight excluding hydrogens is 380 g/mol. The van der Waals surface area contributed by atoms with Gasteiger partial charge in [-0.3, -0.25) is 14.5 Å². The summed E-state index contributed by atoms with van der Waals surface area (Å²) in [4.78, 5) is 31.3. The number of nitrogens with two attached hydrogens (primary N) is 1. The number of primary amides is 1. The molecule has 7 nitrogen and oxygen atoms in total. The van der Waals surface area contributed by atoms with Crippen molar-refractivity contribution in [2.45, 2.75) is 37.3 Å². The highest BCUT2D eigenvalue weighted by Crippen LogP contribution is 2.42. The molecule has 5 atom stereocenters. The van der Waals surface area contributed by atoms with Gasteiger partial charge >= 0.3 is 0 Å². The van der Waals surface area contributed by atoms with Crippen molar-refractivity contribution in [3.05, 3.63) is 35.9 Å². The summed E-state index contributed by atoms with van der Waals surface area (Å²) in [6.07, 6.45) is 2.06. The summed E-state index contributed by atoms with van der Waals surface area (Å²) in [5.74, 6) is -0.0976. The predicted molar refractivity (Wildman–Crippen MR) is 115 cm³/mol. The topological polar surface area (TPSA) is 90.1 Å². The van der Waals surface area contributed by atoms with E-state index in [0.717, 1.165) is 38.9 Å². The number of likely N-dealkylation sites (tertiary alicyclic amines) is 3. The number of rotatable bonds is 4.